The van der Waals surface area contributed by atoms with Gasteiger partial charge < -0.3 is 15.0 Å². The van der Waals surface area contributed by atoms with Gasteiger partial charge in [-0.05, 0) is 31.8 Å². The molecule has 1 aromatic rings. The zero-order chi connectivity index (χ0) is 16.5. The maximum absolute atomic E-state index is 5.91. The van der Waals surface area contributed by atoms with E-state index in [1.807, 2.05) is 35.9 Å². The molecule has 2 heterocycles. The highest BCUT2D eigenvalue weighted by molar-refractivity contribution is 14.0. The number of morpholine rings is 1. The highest BCUT2D eigenvalue weighted by atomic mass is 127. The first-order chi connectivity index (χ1) is 11.2. The minimum absolute atomic E-state index is 0. The molecule has 1 saturated heterocycles. The standard InChI is InChI=1S/C16H29N5OS.HI/c1-4-17-16(18-7-5-6-10-23-3)21-8-9-22-15(13-21)14-11-19-20(2)12-14;/h11-12,15H,4-10,13H2,1-3H3,(H,17,18);1H. The van der Waals surface area contributed by atoms with Crippen molar-refractivity contribution in [2.75, 3.05) is 44.8 Å². The van der Waals surface area contributed by atoms with Gasteiger partial charge in [0, 0.05) is 38.4 Å². The Balaban J connectivity index is 0.00000288. The molecule has 1 unspecified atom stereocenters. The van der Waals surface area contributed by atoms with Gasteiger partial charge >= 0.3 is 0 Å². The molecule has 6 nitrogen and oxygen atoms in total. The lowest BCUT2D eigenvalue weighted by molar-refractivity contribution is -0.00804. The van der Waals surface area contributed by atoms with Crippen molar-refractivity contribution in [1.29, 1.82) is 0 Å². The highest BCUT2D eigenvalue weighted by Gasteiger charge is 2.25. The first kappa shape index (κ1) is 21.6. The number of unbranched alkanes of at least 4 members (excludes halogenated alkanes) is 1. The smallest absolute Gasteiger partial charge is 0.194 e. The molecule has 0 amide bonds. The Morgan fingerprint density at radius 1 is 1.50 bits per heavy atom. The lowest BCUT2D eigenvalue weighted by atomic mass is 10.1. The molecule has 1 aliphatic heterocycles. The van der Waals surface area contributed by atoms with E-state index in [1.54, 1.807) is 0 Å². The second kappa shape index (κ2) is 12.0. The molecule has 1 atom stereocenters. The van der Waals surface area contributed by atoms with E-state index in [9.17, 15) is 0 Å². The first-order valence-electron chi connectivity index (χ1n) is 8.37. The maximum Gasteiger partial charge on any atom is 0.194 e. The third-order valence-corrected chi connectivity index (χ3v) is 4.51. The number of rotatable bonds is 7. The highest BCUT2D eigenvalue weighted by Crippen LogP contribution is 2.21. The fraction of sp³-hybridized carbons (Fsp3) is 0.750. The van der Waals surface area contributed by atoms with Crippen LogP contribution in [-0.4, -0.2) is 65.4 Å². The molecule has 1 aromatic heterocycles. The fourth-order valence-electron chi connectivity index (χ4n) is 2.62. The molecular formula is C16H30IN5OS. The first-order valence-corrected chi connectivity index (χ1v) is 9.76. The van der Waals surface area contributed by atoms with Gasteiger partial charge in [-0.1, -0.05) is 0 Å². The summed E-state index contributed by atoms with van der Waals surface area (Å²) in [5, 5.41) is 7.66. The van der Waals surface area contributed by atoms with Crippen LogP contribution in [0.2, 0.25) is 0 Å². The van der Waals surface area contributed by atoms with Crippen LogP contribution in [0, 0.1) is 0 Å². The molecule has 1 fully saturated rings. The lowest BCUT2D eigenvalue weighted by Gasteiger charge is -2.34. The summed E-state index contributed by atoms with van der Waals surface area (Å²) in [4.78, 5) is 7.09. The van der Waals surface area contributed by atoms with Crippen LogP contribution in [0.3, 0.4) is 0 Å². The van der Waals surface area contributed by atoms with Crippen molar-refractivity contribution >= 4 is 41.7 Å². The van der Waals surface area contributed by atoms with E-state index in [2.05, 4.69) is 28.5 Å². The van der Waals surface area contributed by atoms with Crippen molar-refractivity contribution < 1.29 is 4.74 Å². The molecule has 0 bridgehead atoms. The third-order valence-electron chi connectivity index (χ3n) is 3.82. The van der Waals surface area contributed by atoms with Crippen LogP contribution < -0.4 is 5.32 Å². The monoisotopic (exact) mass is 467 g/mol. The van der Waals surface area contributed by atoms with Crippen molar-refractivity contribution in [3.63, 3.8) is 0 Å². The Morgan fingerprint density at radius 2 is 2.33 bits per heavy atom. The number of hydrogen-bond acceptors (Lipinski definition) is 4. The molecular weight excluding hydrogens is 437 g/mol. The molecule has 0 spiro atoms. The number of hydrogen-bond donors (Lipinski definition) is 1. The van der Waals surface area contributed by atoms with Crippen LogP contribution in [0.15, 0.2) is 17.4 Å². The Kier molecular flexibility index (Phi) is 10.8. The Bertz CT molecular complexity index is 497. The summed E-state index contributed by atoms with van der Waals surface area (Å²) in [5.74, 6) is 2.22. The number of nitrogens with zero attached hydrogens (tertiary/aromatic N) is 4. The number of halogens is 1. The average Bonchev–Trinajstić information content (AvgIpc) is 3.00. The Morgan fingerprint density at radius 3 is 3.00 bits per heavy atom. The molecule has 0 saturated carbocycles. The van der Waals surface area contributed by atoms with Crippen LogP contribution in [0.5, 0.6) is 0 Å². The van der Waals surface area contributed by atoms with Gasteiger partial charge in [-0.15, -0.1) is 24.0 Å². The zero-order valence-electron chi connectivity index (χ0n) is 14.9. The van der Waals surface area contributed by atoms with Crippen LogP contribution in [-0.2, 0) is 11.8 Å². The summed E-state index contributed by atoms with van der Waals surface area (Å²) < 4.78 is 7.74. The van der Waals surface area contributed by atoms with Crippen LogP contribution in [0.4, 0.5) is 0 Å². The number of ether oxygens (including phenoxy) is 1. The summed E-state index contributed by atoms with van der Waals surface area (Å²) in [6, 6.07) is 0. The molecule has 2 rings (SSSR count). The van der Waals surface area contributed by atoms with Gasteiger partial charge in [0.15, 0.2) is 5.96 Å². The van der Waals surface area contributed by atoms with E-state index in [0.717, 1.165) is 50.7 Å². The minimum atomic E-state index is 0. The number of thioether (sulfide) groups is 1. The quantitative estimate of drug-likeness (QED) is 0.289. The number of aryl methyl sites for hydroxylation is 1. The molecule has 1 N–H and O–H groups in total. The summed E-state index contributed by atoms with van der Waals surface area (Å²) in [6.45, 7) is 6.31. The molecule has 138 valence electrons. The van der Waals surface area contributed by atoms with Crippen LogP contribution >= 0.6 is 35.7 Å². The van der Waals surface area contributed by atoms with Crippen molar-refractivity contribution in [2.24, 2.45) is 12.0 Å². The van der Waals surface area contributed by atoms with E-state index in [0.29, 0.717) is 0 Å². The van der Waals surface area contributed by atoms with Crippen molar-refractivity contribution in [3.05, 3.63) is 18.0 Å². The molecule has 0 aromatic carbocycles. The molecule has 0 radical (unpaired) electrons. The van der Waals surface area contributed by atoms with Gasteiger partial charge in [0.1, 0.15) is 6.10 Å². The van der Waals surface area contributed by atoms with Crippen molar-refractivity contribution in [3.8, 4) is 0 Å². The molecule has 24 heavy (non-hydrogen) atoms. The molecule has 0 aliphatic carbocycles. The Labute approximate surface area is 166 Å². The van der Waals surface area contributed by atoms with Gasteiger partial charge in [-0.25, -0.2) is 0 Å². The van der Waals surface area contributed by atoms with Gasteiger partial charge in [0.25, 0.3) is 0 Å². The summed E-state index contributed by atoms with van der Waals surface area (Å²) in [7, 11) is 1.93. The number of aliphatic imine (C=N–C) groups is 1. The summed E-state index contributed by atoms with van der Waals surface area (Å²) in [6.07, 6.45) is 8.51. The van der Waals surface area contributed by atoms with Gasteiger partial charge in [0.2, 0.25) is 0 Å². The van der Waals surface area contributed by atoms with Gasteiger partial charge in [-0.3, -0.25) is 9.67 Å². The number of guanidine groups is 1. The van der Waals surface area contributed by atoms with E-state index >= 15 is 0 Å². The predicted molar refractivity (Wildman–Crippen MR) is 112 cm³/mol. The van der Waals surface area contributed by atoms with Gasteiger partial charge in [0.05, 0.1) is 19.3 Å². The van der Waals surface area contributed by atoms with Crippen LogP contribution in [0.25, 0.3) is 0 Å². The topological polar surface area (TPSA) is 54.7 Å². The van der Waals surface area contributed by atoms with Crippen LogP contribution in [0.1, 0.15) is 31.4 Å². The normalized spacial score (nSPS) is 18.4. The van der Waals surface area contributed by atoms with E-state index in [-0.39, 0.29) is 30.1 Å². The predicted octanol–water partition coefficient (Wildman–Crippen LogP) is 2.52. The molecule has 8 heteroatoms. The van der Waals surface area contributed by atoms with Crippen molar-refractivity contribution in [1.82, 2.24) is 20.0 Å². The second-order valence-electron chi connectivity index (χ2n) is 5.69. The Hall–Kier alpha value is -0.480. The van der Waals surface area contributed by atoms with E-state index in [4.69, 9.17) is 9.73 Å². The zero-order valence-corrected chi connectivity index (χ0v) is 18.0. The van der Waals surface area contributed by atoms with Gasteiger partial charge in [-0.2, -0.15) is 16.9 Å². The summed E-state index contributed by atoms with van der Waals surface area (Å²) >= 11 is 1.90. The van der Waals surface area contributed by atoms with E-state index < -0.39 is 0 Å². The summed E-state index contributed by atoms with van der Waals surface area (Å²) in [5.41, 5.74) is 1.13. The average molecular weight is 467 g/mol. The van der Waals surface area contributed by atoms with E-state index in [1.165, 1.54) is 12.2 Å². The molecule has 1 aliphatic rings. The van der Waals surface area contributed by atoms with Crippen molar-refractivity contribution in [2.45, 2.75) is 25.9 Å². The maximum atomic E-state index is 5.91. The fourth-order valence-corrected chi connectivity index (χ4v) is 3.11. The number of aromatic nitrogens is 2. The second-order valence-corrected chi connectivity index (χ2v) is 6.67. The number of nitrogens with one attached hydrogen (secondary N) is 1. The SMILES string of the molecule is CCNC(=NCCCCSC)N1CCOC(c2cnn(C)c2)C1.I. The lowest BCUT2D eigenvalue weighted by Crippen LogP contribution is -2.48. The third kappa shape index (κ3) is 6.79. The largest absolute Gasteiger partial charge is 0.370 e. The minimum Gasteiger partial charge on any atom is -0.370 e.